The fourth-order valence-electron chi connectivity index (χ4n) is 2.07. The Morgan fingerprint density at radius 2 is 1.65 bits per heavy atom. The number of rotatable bonds is 6. The van der Waals surface area contributed by atoms with Crippen molar-refractivity contribution < 1.29 is 23.9 Å². The molecule has 2 rings (SSSR count). The molecule has 2 aromatic carbocycles. The normalized spacial score (nSPS) is 10.0. The SMILES string of the molecule is COc1cc(C=O)c(C(=O)C(=O)c2cccc(Cl)c2)cc1OC. The van der Waals surface area contributed by atoms with Gasteiger partial charge in [0.05, 0.1) is 14.2 Å². The standard InChI is InChI=1S/C17H13ClO5/c1-22-14-7-11(9-19)13(8-15(14)23-2)17(21)16(20)10-4-3-5-12(18)6-10/h3-9H,1-2H3. The van der Waals surface area contributed by atoms with E-state index in [1.54, 1.807) is 12.1 Å². The number of ether oxygens (including phenoxy) is 2. The first-order valence-electron chi connectivity index (χ1n) is 6.57. The second-order valence-electron chi connectivity index (χ2n) is 4.58. The summed E-state index contributed by atoms with van der Waals surface area (Å²) in [5, 5.41) is 0.339. The molecule has 0 saturated carbocycles. The summed E-state index contributed by atoms with van der Waals surface area (Å²) in [4.78, 5) is 36.0. The summed E-state index contributed by atoms with van der Waals surface area (Å²) in [6, 6.07) is 8.70. The molecule has 0 bridgehead atoms. The fourth-order valence-corrected chi connectivity index (χ4v) is 2.26. The molecule has 6 heteroatoms. The highest BCUT2D eigenvalue weighted by molar-refractivity contribution is 6.50. The van der Waals surface area contributed by atoms with Gasteiger partial charge >= 0.3 is 0 Å². The van der Waals surface area contributed by atoms with Gasteiger partial charge in [-0.3, -0.25) is 14.4 Å². The zero-order chi connectivity index (χ0) is 17.0. The van der Waals surface area contributed by atoms with Gasteiger partial charge in [0, 0.05) is 21.7 Å². The minimum absolute atomic E-state index is 0.0445. The smallest absolute Gasteiger partial charge is 0.234 e. The van der Waals surface area contributed by atoms with Crippen molar-refractivity contribution in [3.8, 4) is 11.5 Å². The van der Waals surface area contributed by atoms with E-state index in [9.17, 15) is 14.4 Å². The summed E-state index contributed by atoms with van der Waals surface area (Å²) in [6.45, 7) is 0. The van der Waals surface area contributed by atoms with Crippen LogP contribution in [0, 0.1) is 0 Å². The zero-order valence-electron chi connectivity index (χ0n) is 12.5. The van der Waals surface area contributed by atoms with Crippen molar-refractivity contribution in [3.63, 3.8) is 0 Å². The van der Waals surface area contributed by atoms with E-state index in [4.69, 9.17) is 21.1 Å². The second-order valence-corrected chi connectivity index (χ2v) is 5.02. The van der Waals surface area contributed by atoms with Crippen LogP contribution in [0.25, 0.3) is 0 Å². The lowest BCUT2D eigenvalue weighted by molar-refractivity contribution is 0.0815. The first-order chi connectivity index (χ1) is 11.0. The number of carbonyl (C=O) groups excluding carboxylic acids is 3. The Morgan fingerprint density at radius 1 is 1.00 bits per heavy atom. The molecule has 2 aromatic rings. The van der Waals surface area contributed by atoms with Crippen LogP contribution in [0.4, 0.5) is 0 Å². The molecule has 0 amide bonds. The average molecular weight is 333 g/mol. The Hall–Kier alpha value is -2.66. The second kappa shape index (κ2) is 7.07. The van der Waals surface area contributed by atoms with E-state index >= 15 is 0 Å². The Labute approximate surface area is 137 Å². The lowest BCUT2D eigenvalue weighted by Crippen LogP contribution is -2.16. The molecule has 0 aliphatic heterocycles. The van der Waals surface area contributed by atoms with Crippen LogP contribution in [0.15, 0.2) is 36.4 Å². The number of Topliss-reactive ketones (excluding diaryl/α,β-unsaturated/α-hetero) is 2. The molecule has 5 nitrogen and oxygen atoms in total. The molecule has 0 fully saturated rings. The maximum absolute atomic E-state index is 12.5. The molecule has 23 heavy (non-hydrogen) atoms. The molecule has 0 heterocycles. The molecule has 0 aliphatic carbocycles. The highest BCUT2D eigenvalue weighted by Gasteiger charge is 2.23. The molecule has 0 unspecified atom stereocenters. The molecular formula is C17H13ClO5. The van der Waals surface area contributed by atoms with E-state index in [-0.39, 0.29) is 22.4 Å². The maximum Gasteiger partial charge on any atom is 0.234 e. The van der Waals surface area contributed by atoms with Crippen LogP contribution in [-0.4, -0.2) is 32.1 Å². The molecule has 0 aromatic heterocycles. The van der Waals surface area contributed by atoms with Gasteiger partial charge in [-0.05, 0) is 24.3 Å². The lowest BCUT2D eigenvalue weighted by atomic mass is 9.97. The van der Waals surface area contributed by atoms with Crippen molar-refractivity contribution in [2.75, 3.05) is 14.2 Å². The molecule has 0 radical (unpaired) electrons. The van der Waals surface area contributed by atoms with Gasteiger partial charge in [0.25, 0.3) is 0 Å². The number of hydrogen-bond acceptors (Lipinski definition) is 5. The minimum atomic E-state index is -0.824. The predicted octanol–water partition coefficient (Wildman–Crippen LogP) is 3.24. The fraction of sp³-hybridized carbons (Fsp3) is 0.118. The van der Waals surface area contributed by atoms with E-state index < -0.39 is 11.6 Å². The summed E-state index contributed by atoms with van der Waals surface area (Å²) in [5.41, 5.74) is 0.139. The Balaban J connectivity index is 2.50. The average Bonchev–Trinajstić information content (AvgIpc) is 2.59. The van der Waals surface area contributed by atoms with Crippen LogP contribution in [0.2, 0.25) is 5.02 Å². The number of methoxy groups -OCH3 is 2. The van der Waals surface area contributed by atoms with E-state index in [2.05, 4.69) is 0 Å². The quantitative estimate of drug-likeness (QED) is 0.461. The summed E-state index contributed by atoms with van der Waals surface area (Å²) < 4.78 is 10.2. The number of ketones is 2. The van der Waals surface area contributed by atoms with Gasteiger partial charge in [-0.25, -0.2) is 0 Å². The molecule has 0 N–H and O–H groups in total. The minimum Gasteiger partial charge on any atom is -0.493 e. The molecule has 0 atom stereocenters. The monoisotopic (exact) mass is 332 g/mol. The number of benzene rings is 2. The van der Waals surface area contributed by atoms with Crippen molar-refractivity contribution in [2.24, 2.45) is 0 Å². The summed E-state index contributed by atoms with van der Waals surface area (Å²) >= 11 is 5.83. The molecular weight excluding hydrogens is 320 g/mol. The summed E-state index contributed by atoms with van der Waals surface area (Å²) in [6.07, 6.45) is 0.487. The van der Waals surface area contributed by atoms with Crippen molar-refractivity contribution >= 4 is 29.5 Å². The number of halogens is 1. The highest BCUT2D eigenvalue weighted by Crippen LogP contribution is 2.30. The highest BCUT2D eigenvalue weighted by atomic mass is 35.5. The molecule has 0 saturated heterocycles. The largest absolute Gasteiger partial charge is 0.493 e. The van der Waals surface area contributed by atoms with Crippen LogP contribution < -0.4 is 9.47 Å². The first kappa shape index (κ1) is 16.7. The third kappa shape index (κ3) is 3.40. The van der Waals surface area contributed by atoms with Crippen LogP contribution in [0.3, 0.4) is 0 Å². The van der Waals surface area contributed by atoms with Crippen LogP contribution >= 0.6 is 11.6 Å². The van der Waals surface area contributed by atoms with E-state index in [1.807, 2.05) is 0 Å². The van der Waals surface area contributed by atoms with Crippen LogP contribution in [0.1, 0.15) is 31.1 Å². The van der Waals surface area contributed by atoms with Crippen molar-refractivity contribution in [3.05, 3.63) is 58.1 Å². The summed E-state index contributed by atoms with van der Waals surface area (Å²) in [7, 11) is 2.80. The van der Waals surface area contributed by atoms with Crippen molar-refractivity contribution in [1.82, 2.24) is 0 Å². The Morgan fingerprint density at radius 3 is 2.22 bits per heavy atom. The van der Waals surface area contributed by atoms with E-state index in [1.165, 1.54) is 38.5 Å². The van der Waals surface area contributed by atoms with Crippen LogP contribution in [-0.2, 0) is 0 Å². The summed E-state index contributed by atoms with van der Waals surface area (Å²) in [5.74, 6) is -1.04. The third-order valence-electron chi connectivity index (χ3n) is 3.22. The van der Waals surface area contributed by atoms with Gasteiger partial charge < -0.3 is 9.47 Å². The lowest BCUT2D eigenvalue weighted by Gasteiger charge is -2.11. The number of hydrogen-bond donors (Lipinski definition) is 0. The first-order valence-corrected chi connectivity index (χ1v) is 6.95. The van der Waals surface area contributed by atoms with Gasteiger partial charge in [-0.1, -0.05) is 23.7 Å². The Kier molecular flexibility index (Phi) is 5.13. The van der Waals surface area contributed by atoms with Crippen LogP contribution in [0.5, 0.6) is 11.5 Å². The van der Waals surface area contributed by atoms with Crippen molar-refractivity contribution in [1.29, 1.82) is 0 Å². The third-order valence-corrected chi connectivity index (χ3v) is 3.46. The number of aldehydes is 1. The molecule has 0 aliphatic rings. The van der Waals surface area contributed by atoms with Gasteiger partial charge in [0.2, 0.25) is 11.6 Å². The van der Waals surface area contributed by atoms with Gasteiger partial charge in [-0.15, -0.1) is 0 Å². The maximum atomic E-state index is 12.5. The van der Waals surface area contributed by atoms with Crippen molar-refractivity contribution in [2.45, 2.75) is 0 Å². The zero-order valence-corrected chi connectivity index (χ0v) is 13.2. The number of carbonyl (C=O) groups is 3. The Bertz CT molecular complexity index is 783. The van der Waals surface area contributed by atoms with Gasteiger partial charge in [0.15, 0.2) is 17.8 Å². The van der Waals surface area contributed by atoms with Gasteiger partial charge in [-0.2, -0.15) is 0 Å². The van der Waals surface area contributed by atoms with Gasteiger partial charge in [0.1, 0.15) is 0 Å². The molecule has 0 spiro atoms. The molecule has 118 valence electrons. The van der Waals surface area contributed by atoms with E-state index in [0.717, 1.165) is 0 Å². The predicted molar refractivity (Wildman–Crippen MR) is 85.0 cm³/mol. The topological polar surface area (TPSA) is 69.7 Å². The van der Waals surface area contributed by atoms with E-state index in [0.29, 0.717) is 17.1 Å².